The van der Waals surface area contributed by atoms with Gasteiger partial charge < -0.3 is 20.0 Å². The average Bonchev–Trinajstić information content (AvgIpc) is 2.36. The van der Waals surface area contributed by atoms with Crippen molar-refractivity contribution >= 4 is 13.6 Å². The van der Waals surface area contributed by atoms with Crippen molar-refractivity contribution in [2.24, 2.45) is 0 Å². The summed E-state index contributed by atoms with van der Waals surface area (Å²) in [5.74, 6) is -0.497. The van der Waals surface area contributed by atoms with Crippen molar-refractivity contribution in [1.82, 2.24) is 4.98 Å². The summed E-state index contributed by atoms with van der Waals surface area (Å²) in [5, 5.41) is 18.9. The van der Waals surface area contributed by atoms with Crippen LogP contribution in [-0.2, 0) is 9.09 Å². The highest BCUT2D eigenvalue weighted by Gasteiger charge is 2.24. The van der Waals surface area contributed by atoms with Crippen LogP contribution >= 0.6 is 7.82 Å². The normalized spacial score (nSPS) is 14.9. The first kappa shape index (κ1) is 15.9. The summed E-state index contributed by atoms with van der Waals surface area (Å²) in [5.41, 5.74) is 0.129. The van der Waals surface area contributed by atoms with Gasteiger partial charge >= 0.3 is 7.82 Å². The van der Waals surface area contributed by atoms with Crippen molar-refractivity contribution in [3.05, 3.63) is 30.1 Å². The third-order valence-corrected chi connectivity index (χ3v) is 2.69. The van der Waals surface area contributed by atoms with Crippen LogP contribution in [0.25, 0.3) is 0 Å². The van der Waals surface area contributed by atoms with Crippen LogP contribution < -0.4 is 0 Å². The van der Waals surface area contributed by atoms with Gasteiger partial charge in [0.1, 0.15) is 11.8 Å². The van der Waals surface area contributed by atoms with Gasteiger partial charge in [0.15, 0.2) is 5.78 Å². The Labute approximate surface area is 108 Å². The maximum absolute atomic E-state index is 11.6. The average molecular weight is 291 g/mol. The molecule has 2 atom stereocenters. The number of phosphoric ester groups is 1. The molecule has 0 amide bonds. The zero-order chi connectivity index (χ0) is 14.5. The van der Waals surface area contributed by atoms with Gasteiger partial charge in [0.05, 0.1) is 12.7 Å². The highest BCUT2D eigenvalue weighted by atomic mass is 31.2. The van der Waals surface area contributed by atoms with Crippen LogP contribution in [0.1, 0.15) is 16.9 Å². The fourth-order valence-electron chi connectivity index (χ4n) is 1.24. The Hall–Kier alpha value is -1.15. The van der Waals surface area contributed by atoms with Gasteiger partial charge in [-0.3, -0.25) is 14.3 Å². The number of rotatable bonds is 7. The number of hydrogen-bond acceptors (Lipinski definition) is 6. The summed E-state index contributed by atoms with van der Waals surface area (Å²) in [4.78, 5) is 32.3. The van der Waals surface area contributed by atoms with Gasteiger partial charge in [-0.2, -0.15) is 0 Å². The number of carbonyl (C=O) groups excluding carboxylic acids is 1. The summed E-state index contributed by atoms with van der Waals surface area (Å²) in [6.45, 7) is -0.777. The first-order valence-electron chi connectivity index (χ1n) is 5.30. The molecular weight excluding hydrogens is 277 g/mol. The Morgan fingerprint density at radius 2 is 2.00 bits per heavy atom. The lowest BCUT2D eigenvalue weighted by molar-refractivity contribution is -0.0145. The Morgan fingerprint density at radius 3 is 2.53 bits per heavy atom. The predicted octanol–water partition coefficient (Wildman–Crippen LogP) is -0.515. The molecule has 8 nitrogen and oxygen atoms in total. The quantitative estimate of drug-likeness (QED) is 0.389. The molecule has 0 aliphatic carbocycles. The number of carbonyl (C=O) groups is 1. The second kappa shape index (κ2) is 6.85. The second-order valence-corrected chi connectivity index (χ2v) is 5.00. The van der Waals surface area contributed by atoms with Crippen LogP contribution in [0.4, 0.5) is 0 Å². The number of ketones is 1. The number of pyridine rings is 1. The minimum absolute atomic E-state index is 0.129. The van der Waals surface area contributed by atoms with Crippen molar-refractivity contribution in [3.63, 3.8) is 0 Å². The number of phosphoric acid groups is 1. The molecule has 19 heavy (non-hydrogen) atoms. The van der Waals surface area contributed by atoms with Crippen molar-refractivity contribution in [1.29, 1.82) is 0 Å². The van der Waals surface area contributed by atoms with Crippen molar-refractivity contribution in [3.8, 4) is 0 Å². The lowest BCUT2D eigenvalue weighted by Gasteiger charge is -2.17. The third-order valence-electron chi connectivity index (χ3n) is 2.20. The zero-order valence-electron chi connectivity index (χ0n) is 9.79. The van der Waals surface area contributed by atoms with Gasteiger partial charge in [0, 0.05) is 12.6 Å². The van der Waals surface area contributed by atoms with E-state index in [4.69, 9.17) is 9.79 Å². The Balaban J connectivity index is 2.48. The minimum atomic E-state index is -4.72. The monoisotopic (exact) mass is 291 g/mol. The van der Waals surface area contributed by atoms with Gasteiger partial charge in [-0.15, -0.1) is 0 Å². The maximum atomic E-state index is 11.6. The van der Waals surface area contributed by atoms with Crippen molar-refractivity contribution in [2.45, 2.75) is 18.6 Å². The van der Waals surface area contributed by atoms with E-state index in [-0.39, 0.29) is 5.69 Å². The molecule has 1 heterocycles. The molecule has 1 aromatic rings. The molecule has 0 saturated heterocycles. The third kappa shape index (κ3) is 6.02. The topological polar surface area (TPSA) is 137 Å². The fraction of sp³-hybridized carbons (Fsp3) is 0.400. The van der Waals surface area contributed by atoms with E-state index >= 15 is 0 Å². The number of aromatic nitrogens is 1. The molecule has 0 saturated carbocycles. The summed E-state index contributed by atoms with van der Waals surface area (Å²) in [7, 11) is -4.72. The van der Waals surface area contributed by atoms with E-state index in [1.165, 1.54) is 12.3 Å². The molecule has 4 N–H and O–H groups in total. The van der Waals surface area contributed by atoms with Crippen LogP contribution in [0.3, 0.4) is 0 Å². The second-order valence-electron chi connectivity index (χ2n) is 3.76. The summed E-state index contributed by atoms with van der Waals surface area (Å²) in [6.07, 6.45) is -2.10. The molecule has 0 aliphatic heterocycles. The molecule has 1 aromatic heterocycles. The van der Waals surface area contributed by atoms with Crippen molar-refractivity contribution in [2.75, 3.05) is 6.61 Å². The zero-order valence-corrected chi connectivity index (χ0v) is 10.7. The molecule has 0 radical (unpaired) electrons. The Bertz CT molecular complexity index is 460. The Morgan fingerprint density at radius 1 is 1.32 bits per heavy atom. The Kier molecular flexibility index (Phi) is 5.74. The number of aliphatic hydroxyl groups excluding tert-OH is 2. The summed E-state index contributed by atoms with van der Waals surface area (Å²) < 4.78 is 14.4. The number of Topliss-reactive ketones (excluding diaryl/α,β-unsaturated/α-hetero) is 1. The number of nitrogens with zero attached hydrogens (tertiary/aromatic N) is 1. The SMILES string of the molecule is O=C(C[C@H](O)[C@H](O)COP(=O)(O)O)c1ccccn1. The van der Waals surface area contributed by atoms with E-state index in [0.29, 0.717) is 0 Å². The first-order valence-corrected chi connectivity index (χ1v) is 6.83. The van der Waals surface area contributed by atoms with Crippen LogP contribution in [0.15, 0.2) is 24.4 Å². The van der Waals surface area contributed by atoms with Gasteiger partial charge in [0.2, 0.25) is 0 Å². The van der Waals surface area contributed by atoms with E-state index in [9.17, 15) is 19.6 Å². The summed E-state index contributed by atoms with van der Waals surface area (Å²) >= 11 is 0. The lowest BCUT2D eigenvalue weighted by Crippen LogP contribution is -2.32. The molecule has 9 heteroatoms. The highest BCUT2D eigenvalue weighted by Crippen LogP contribution is 2.35. The summed E-state index contributed by atoms with van der Waals surface area (Å²) in [6, 6.07) is 4.67. The van der Waals surface area contributed by atoms with Gasteiger partial charge in [0.25, 0.3) is 0 Å². The smallest absolute Gasteiger partial charge is 0.390 e. The van der Waals surface area contributed by atoms with E-state index in [0.717, 1.165) is 0 Å². The van der Waals surface area contributed by atoms with Crippen LogP contribution in [0.2, 0.25) is 0 Å². The number of aliphatic hydroxyl groups is 2. The van der Waals surface area contributed by atoms with Crippen molar-refractivity contribution < 1.29 is 33.9 Å². The van der Waals surface area contributed by atoms with Gasteiger partial charge in [-0.25, -0.2) is 4.57 Å². The van der Waals surface area contributed by atoms with Gasteiger partial charge in [-0.05, 0) is 12.1 Å². The molecule has 0 fully saturated rings. The van der Waals surface area contributed by atoms with Crippen LogP contribution in [0, 0.1) is 0 Å². The molecule has 0 spiro atoms. The van der Waals surface area contributed by atoms with E-state index in [2.05, 4.69) is 9.51 Å². The van der Waals surface area contributed by atoms with E-state index < -0.39 is 38.8 Å². The largest absolute Gasteiger partial charge is 0.469 e. The molecule has 0 bridgehead atoms. The molecular formula is C10H14NO7P. The van der Waals surface area contributed by atoms with E-state index in [1.54, 1.807) is 12.1 Å². The fourth-order valence-corrected chi connectivity index (χ4v) is 1.59. The first-order chi connectivity index (χ1) is 8.79. The molecule has 0 aliphatic rings. The predicted molar refractivity (Wildman–Crippen MR) is 63.2 cm³/mol. The number of hydrogen-bond donors (Lipinski definition) is 4. The highest BCUT2D eigenvalue weighted by molar-refractivity contribution is 7.46. The van der Waals surface area contributed by atoms with Gasteiger partial charge in [-0.1, -0.05) is 6.07 Å². The minimum Gasteiger partial charge on any atom is -0.390 e. The lowest BCUT2D eigenvalue weighted by atomic mass is 10.1. The molecule has 0 unspecified atom stereocenters. The van der Waals surface area contributed by atoms with Crippen LogP contribution in [-0.4, -0.2) is 49.6 Å². The molecule has 1 rings (SSSR count). The standard InChI is InChI=1S/C10H14NO7P/c12-8(7-3-1-2-4-11-7)5-9(13)10(14)6-18-19(15,16)17/h1-4,9-10,13-14H,5-6H2,(H2,15,16,17)/t9-,10+/m0/s1. The molecule has 106 valence electrons. The van der Waals surface area contributed by atoms with Crippen LogP contribution in [0.5, 0.6) is 0 Å². The van der Waals surface area contributed by atoms with E-state index in [1.807, 2.05) is 0 Å². The maximum Gasteiger partial charge on any atom is 0.469 e. The molecule has 0 aromatic carbocycles.